The van der Waals surface area contributed by atoms with E-state index in [-0.39, 0.29) is 24.4 Å². The number of nitrogens with zero attached hydrogens (tertiary/aromatic N) is 4. The van der Waals surface area contributed by atoms with Gasteiger partial charge >= 0.3 is 6.18 Å². The van der Waals surface area contributed by atoms with Crippen molar-refractivity contribution in [3.05, 3.63) is 82.6 Å². The second-order valence-electron chi connectivity index (χ2n) is 8.38. The molecule has 2 heterocycles. The number of halogens is 4. The lowest BCUT2D eigenvalue weighted by Crippen LogP contribution is -2.49. The standard InChI is InChI=1S/C24H24F4N4O2S/c1-16-22(15-18-4-3-5-19(14-18)24(26,27)28)23(30-17(2)29-16)31-10-12-32(13-11-31)35(33,34)21-8-6-20(25)7-9-21/h3-9,14H,10-13,15H2,1-2H3. The van der Waals surface area contributed by atoms with E-state index in [1.165, 1.54) is 22.5 Å². The molecule has 0 amide bonds. The topological polar surface area (TPSA) is 66.4 Å². The van der Waals surface area contributed by atoms with Crippen molar-refractivity contribution in [2.75, 3.05) is 31.1 Å². The number of piperazine rings is 1. The minimum Gasteiger partial charge on any atom is -0.354 e. The van der Waals surface area contributed by atoms with Crippen molar-refractivity contribution in [2.24, 2.45) is 0 Å². The Hall–Kier alpha value is -3.05. The number of aryl methyl sites for hydroxylation is 2. The van der Waals surface area contributed by atoms with Crippen LogP contribution in [-0.4, -0.2) is 48.9 Å². The van der Waals surface area contributed by atoms with Gasteiger partial charge in [-0.3, -0.25) is 0 Å². The van der Waals surface area contributed by atoms with Gasteiger partial charge < -0.3 is 4.90 Å². The minimum absolute atomic E-state index is 0.0197. The third kappa shape index (κ3) is 5.46. The molecule has 1 aliphatic rings. The maximum Gasteiger partial charge on any atom is 0.416 e. The fourth-order valence-corrected chi connectivity index (χ4v) is 5.57. The van der Waals surface area contributed by atoms with Gasteiger partial charge in [-0.15, -0.1) is 0 Å². The Kier molecular flexibility index (Phi) is 6.83. The number of alkyl halides is 3. The van der Waals surface area contributed by atoms with E-state index in [0.29, 0.717) is 41.6 Å². The van der Waals surface area contributed by atoms with Crippen LogP contribution >= 0.6 is 0 Å². The summed E-state index contributed by atoms with van der Waals surface area (Å²) in [5.41, 5.74) is 1.12. The zero-order valence-electron chi connectivity index (χ0n) is 19.2. The van der Waals surface area contributed by atoms with Gasteiger partial charge in [0.05, 0.1) is 10.5 Å². The third-order valence-electron chi connectivity index (χ3n) is 5.93. The molecule has 1 fully saturated rings. The van der Waals surface area contributed by atoms with E-state index in [9.17, 15) is 26.0 Å². The van der Waals surface area contributed by atoms with Crippen LogP contribution in [0.3, 0.4) is 0 Å². The summed E-state index contributed by atoms with van der Waals surface area (Å²) in [6, 6.07) is 9.85. The van der Waals surface area contributed by atoms with Crippen molar-refractivity contribution in [3.8, 4) is 0 Å². The first-order chi connectivity index (χ1) is 16.4. The lowest BCUT2D eigenvalue weighted by atomic mass is 10.0. The molecule has 0 aliphatic carbocycles. The predicted molar refractivity (Wildman–Crippen MR) is 123 cm³/mol. The first kappa shape index (κ1) is 25.1. The van der Waals surface area contributed by atoms with Gasteiger partial charge in [-0.1, -0.05) is 18.2 Å². The van der Waals surface area contributed by atoms with Crippen molar-refractivity contribution in [1.82, 2.24) is 14.3 Å². The number of rotatable bonds is 5. The van der Waals surface area contributed by atoms with Crippen LogP contribution < -0.4 is 4.90 Å². The number of hydrogen-bond donors (Lipinski definition) is 0. The lowest BCUT2D eigenvalue weighted by molar-refractivity contribution is -0.137. The Morgan fingerprint density at radius 2 is 1.60 bits per heavy atom. The van der Waals surface area contributed by atoms with E-state index < -0.39 is 27.6 Å². The summed E-state index contributed by atoms with van der Waals surface area (Å²) in [6.07, 6.45) is -4.23. The van der Waals surface area contributed by atoms with Gasteiger partial charge in [0.1, 0.15) is 17.5 Å². The largest absolute Gasteiger partial charge is 0.416 e. The molecule has 0 atom stereocenters. The van der Waals surface area contributed by atoms with Gasteiger partial charge in [0, 0.05) is 43.9 Å². The Balaban J connectivity index is 1.57. The molecule has 0 bridgehead atoms. The van der Waals surface area contributed by atoms with Crippen LogP contribution in [0.25, 0.3) is 0 Å². The van der Waals surface area contributed by atoms with E-state index in [0.717, 1.165) is 24.3 Å². The second-order valence-corrected chi connectivity index (χ2v) is 10.3. The summed E-state index contributed by atoms with van der Waals surface area (Å²) in [5, 5.41) is 0. The summed E-state index contributed by atoms with van der Waals surface area (Å²) in [7, 11) is -3.78. The number of hydrogen-bond acceptors (Lipinski definition) is 5. The molecule has 0 radical (unpaired) electrons. The molecule has 0 spiro atoms. The third-order valence-corrected chi connectivity index (χ3v) is 7.84. The molecule has 6 nitrogen and oxygen atoms in total. The summed E-state index contributed by atoms with van der Waals surface area (Å²) < 4.78 is 80.0. The maximum absolute atomic E-state index is 13.2. The molecule has 35 heavy (non-hydrogen) atoms. The number of benzene rings is 2. The molecule has 1 aliphatic heterocycles. The quantitative estimate of drug-likeness (QED) is 0.480. The van der Waals surface area contributed by atoms with Gasteiger partial charge in [-0.2, -0.15) is 17.5 Å². The molecule has 1 saturated heterocycles. The van der Waals surface area contributed by atoms with Crippen molar-refractivity contribution >= 4 is 15.8 Å². The predicted octanol–water partition coefficient (Wildman–Crippen LogP) is 4.35. The SMILES string of the molecule is Cc1nc(C)c(Cc2cccc(C(F)(F)F)c2)c(N2CCN(S(=O)(=O)c3ccc(F)cc3)CC2)n1. The Morgan fingerprint density at radius 3 is 2.23 bits per heavy atom. The molecule has 0 N–H and O–H groups in total. The highest BCUT2D eigenvalue weighted by molar-refractivity contribution is 7.89. The molecule has 3 aromatic rings. The van der Waals surface area contributed by atoms with Crippen LogP contribution in [0.4, 0.5) is 23.4 Å². The van der Waals surface area contributed by atoms with Gasteiger partial charge in [-0.25, -0.2) is 22.8 Å². The molecule has 2 aromatic carbocycles. The van der Waals surface area contributed by atoms with Crippen molar-refractivity contribution in [3.63, 3.8) is 0 Å². The van der Waals surface area contributed by atoms with Gasteiger partial charge in [0.15, 0.2) is 0 Å². The first-order valence-electron chi connectivity index (χ1n) is 11.0. The summed E-state index contributed by atoms with van der Waals surface area (Å²) >= 11 is 0. The van der Waals surface area contributed by atoms with Crippen LogP contribution in [0.1, 0.15) is 28.2 Å². The van der Waals surface area contributed by atoms with E-state index in [2.05, 4.69) is 9.97 Å². The molecular formula is C24H24F4N4O2S. The van der Waals surface area contributed by atoms with Crippen LogP contribution in [0.15, 0.2) is 53.4 Å². The minimum atomic E-state index is -4.44. The van der Waals surface area contributed by atoms with Crippen molar-refractivity contribution in [1.29, 1.82) is 0 Å². The highest BCUT2D eigenvalue weighted by Gasteiger charge is 2.32. The Morgan fingerprint density at radius 1 is 0.943 bits per heavy atom. The van der Waals surface area contributed by atoms with Crippen molar-refractivity contribution in [2.45, 2.75) is 31.3 Å². The average Bonchev–Trinajstić information content (AvgIpc) is 2.81. The van der Waals surface area contributed by atoms with Crippen LogP contribution in [0, 0.1) is 19.7 Å². The molecule has 1 aromatic heterocycles. The number of sulfonamides is 1. The molecule has 11 heteroatoms. The van der Waals surface area contributed by atoms with E-state index in [1.807, 2.05) is 4.90 Å². The molecular weight excluding hydrogens is 484 g/mol. The monoisotopic (exact) mass is 508 g/mol. The zero-order chi connectivity index (χ0) is 25.4. The second kappa shape index (κ2) is 9.54. The highest BCUT2D eigenvalue weighted by Crippen LogP contribution is 2.31. The smallest absolute Gasteiger partial charge is 0.354 e. The van der Waals surface area contributed by atoms with Crippen LogP contribution in [0.5, 0.6) is 0 Å². The lowest BCUT2D eigenvalue weighted by Gasteiger charge is -2.36. The van der Waals surface area contributed by atoms with E-state index >= 15 is 0 Å². The van der Waals surface area contributed by atoms with Gasteiger partial charge in [-0.05, 0) is 49.7 Å². The fraction of sp³-hybridized carbons (Fsp3) is 0.333. The van der Waals surface area contributed by atoms with Crippen LogP contribution in [-0.2, 0) is 22.6 Å². The maximum atomic E-state index is 13.2. The van der Waals surface area contributed by atoms with Gasteiger partial charge in [0.2, 0.25) is 10.0 Å². The molecule has 0 saturated carbocycles. The normalized spacial score (nSPS) is 15.4. The number of aromatic nitrogens is 2. The summed E-state index contributed by atoms with van der Waals surface area (Å²) in [5.74, 6) is 0.592. The summed E-state index contributed by atoms with van der Waals surface area (Å²) in [4.78, 5) is 10.9. The molecule has 186 valence electrons. The van der Waals surface area contributed by atoms with E-state index in [1.54, 1.807) is 19.9 Å². The van der Waals surface area contributed by atoms with Gasteiger partial charge in [0.25, 0.3) is 0 Å². The fourth-order valence-electron chi connectivity index (χ4n) is 4.14. The highest BCUT2D eigenvalue weighted by atomic mass is 32.2. The van der Waals surface area contributed by atoms with Crippen molar-refractivity contribution < 1.29 is 26.0 Å². The molecule has 4 rings (SSSR count). The van der Waals surface area contributed by atoms with Crippen LogP contribution in [0.2, 0.25) is 0 Å². The zero-order valence-corrected chi connectivity index (χ0v) is 20.0. The molecule has 0 unspecified atom stereocenters. The average molecular weight is 509 g/mol. The first-order valence-corrected chi connectivity index (χ1v) is 12.4. The summed E-state index contributed by atoms with van der Waals surface area (Å²) in [6.45, 7) is 4.57. The Bertz CT molecular complexity index is 1320. The van der Waals surface area contributed by atoms with E-state index in [4.69, 9.17) is 0 Å². The number of anilines is 1. The Labute approximate surface area is 201 Å².